The molecule has 0 aliphatic rings. The minimum absolute atomic E-state index is 0.00426. The average molecular weight is 287 g/mol. The van der Waals surface area contributed by atoms with E-state index in [2.05, 4.69) is 0 Å². The number of nitro benzene ring substituents is 2. The number of carbonyl (C=O) groups is 1. The lowest BCUT2D eigenvalue weighted by Crippen LogP contribution is -2.32. The fourth-order valence-electron chi connectivity index (χ4n) is 1.15. The van der Waals surface area contributed by atoms with Crippen molar-refractivity contribution in [2.24, 2.45) is 5.73 Å². The Kier molecular flexibility index (Phi) is 4.78. The minimum Gasteiger partial charge on any atom is -0.480 e. The molecule has 1 atom stereocenters. The van der Waals surface area contributed by atoms with Crippen molar-refractivity contribution in [2.75, 3.05) is 5.75 Å². The number of rotatable bonds is 6. The second-order valence-electron chi connectivity index (χ2n) is 3.42. The number of nitro groups is 2. The van der Waals surface area contributed by atoms with Crippen LogP contribution in [0.15, 0.2) is 23.1 Å². The Labute approximate surface area is 110 Å². The van der Waals surface area contributed by atoms with Crippen LogP contribution in [0.2, 0.25) is 0 Å². The predicted octanol–water partition coefficient (Wildman–Crippen LogP) is 1.01. The number of carboxylic acid groups (broad SMARTS) is 1. The molecule has 9 nitrogen and oxygen atoms in total. The van der Waals surface area contributed by atoms with E-state index in [4.69, 9.17) is 10.8 Å². The highest BCUT2D eigenvalue weighted by molar-refractivity contribution is 7.99. The summed E-state index contributed by atoms with van der Waals surface area (Å²) in [5, 5.41) is 29.9. The maximum atomic E-state index is 10.7. The highest BCUT2D eigenvalue weighted by Crippen LogP contribution is 2.31. The monoisotopic (exact) mass is 287 g/mol. The van der Waals surface area contributed by atoms with Gasteiger partial charge in [-0.05, 0) is 6.07 Å². The second-order valence-corrected chi connectivity index (χ2v) is 4.51. The van der Waals surface area contributed by atoms with Crippen LogP contribution in [0.3, 0.4) is 0 Å². The number of nitrogens with two attached hydrogens (primary N) is 1. The molecule has 0 fully saturated rings. The van der Waals surface area contributed by atoms with Crippen LogP contribution in [0.4, 0.5) is 11.4 Å². The normalized spacial score (nSPS) is 11.8. The topological polar surface area (TPSA) is 150 Å². The lowest BCUT2D eigenvalue weighted by molar-refractivity contribution is -0.422. The SMILES string of the molecule is N[C@@H](CSc1ccc([N+](=O)[O-])c([N+](=O)[O-])c1)C(=O)O. The summed E-state index contributed by atoms with van der Waals surface area (Å²) in [4.78, 5) is 30.4. The molecule has 0 bridgehead atoms. The average Bonchev–Trinajstić information content (AvgIpc) is 2.35. The van der Waals surface area contributed by atoms with Crippen molar-refractivity contribution in [1.82, 2.24) is 0 Å². The standard InChI is InChI=1S/C9H9N3O6S/c10-6(9(13)14)4-19-5-1-2-7(11(15)16)8(3-5)12(17)18/h1-3,6H,4,10H2,(H,13,14)/t6-/m0/s1. The molecule has 1 aromatic carbocycles. The number of nitrogens with zero attached hydrogens (tertiary/aromatic N) is 2. The molecule has 0 spiro atoms. The van der Waals surface area contributed by atoms with Crippen molar-refractivity contribution in [3.8, 4) is 0 Å². The van der Waals surface area contributed by atoms with Gasteiger partial charge in [-0.15, -0.1) is 11.8 Å². The van der Waals surface area contributed by atoms with Crippen molar-refractivity contribution >= 4 is 29.1 Å². The maximum absolute atomic E-state index is 10.7. The molecule has 0 radical (unpaired) electrons. The van der Waals surface area contributed by atoms with Gasteiger partial charge in [0.2, 0.25) is 0 Å². The summed E-state index contributed by atoms with van der Waals surface area (Å²) in [5.41, 5.74) is 4.02. The molecule has 0 unspecified atom stereocenters. The van der Waals surface area contributed by atoms with Crippen LogP contribution in [-0.4, -0.2) is 32.7 Å². The molecule has 0 heterocycles. The Morgan fingerprint density at radius 1 is 1.32 bits per heavy atom. The molecule has 0 saturated heterocycles. The summed E-state index contributed by atoms with van der Waals surface area (Å²) in [7, 11) is 0. The lowest BCUT2D eigenvalue weighted by atomic mass is 10.3. The Balaban J connectivity index is 2.93. The fraction of sp³-hybridized carbons (Fsp3) is 0.222. The van der Waals surface area contributed by atoms with E-state index in [0.29, 0.717) is 4.90 Å². The van der Waals surface area contributed by atoms with Crippen molar-refractivity contribution in [1.29, 1.82) is 0 Å². The number of aliphatic carboxylic acids is 1. The van der Waals surface area contributed by atoms with Gasteiger partial charge in [0.05, 0.1) is 9.85 Å². The summed E-state index contributed by atoms with van der Waals surface area (Å²) in [6, 6.07) is 2.23. The van der Waals surface area contributed by atoms with Crippen LogP contribution in [0, 0.1) is 20.2 Å². The highest BCUT2D eigenvalue weighted by atomic mass is 32.2. The third-order valence-corrected chi connectivity index (χ3v) is 3.20. The number of hydrogen-bond donors (Lipinski definition) is 2. The van der Waals surface area contributed by atoms with E-state index < -0.39 is 33.2 Å². The number of thioether (sulfide) groups is 1. The molecule has 0 aliphatic carbocycles. The van der Waals surface area contributed by atoms with Crippen LogP contribution < -0.4 is 5.73 Å². The molecule has 0 aromatic heterocycles. The molecular weight excluding hydrogens is 278 g/mol. The van der Waals surface area contributed by atoms with Gasteiger partial charge in [0, 0.05) is 22.8 Å². The third-order valence-electron chi connectivity index (χ3n) is 2.09. The first-order chi connectivity index (χ1) is 8.82. The van der Waals surface area contributed by atoms with E-state index in [1.54, 1.807) is 0 Å². The molecule has 0 saturated carbocycles. The van der Waals surface area contributed by atoms with E-state index in [1.165, 1.54) is 6.07 Å². The van der Waals surface area contributed by atoms with Crippen LogP contribution >= 0.6 is 11.8 Å². The molecule has 0 amide bonds. The summed E-state index contributed by atoms with van der Waals surface area (Å²) in [6.45, 7) is 0. The van der Waals surface area contributed by atoms with E-state index in [1.807, 2.05) is 0 Å². The summed E-state index contributed by atoms with van der Waals surface area (Å²) < 4.78 is 0. The van der Waals surface area contributed by atoms with Gasteiger partial charge in [0.15, 0.2) is 0 Å². The minimum atomic E-state index is -1.19. The Hall–Kier alpha value is -2.20. The summed E-state index contributed by atoms with van der Waals surface area (Å²) in [6.07, 6.45) is 0. The van der Waals surface area contributed by atoms with Gasteiger partial charge in [-0.25, -0.2) is 0 Å². The molecule has 1 aromatic rings. The third kappa shape index (κ3) is 3.89. The lowest BCUT2D eigenvalue weighted by Gasteiger charge is -2.05. The number of benzene rings is 1. The quantitative estimate of drug-likeness (QED) is 0.447. The Bertz CT molecular complexity index is 535. The molecule has 102 valence electrons. The first kappa shape index (κ1) is 14.9. The van der Waals surface area contributed by atoms with Crippen LogP contribution in [0.5, 0.6) is 0 Å². The van der Waals surface area contributed by atoms with Gasteiger partial charge in [-0.3, -0.25) is 25.0 Å². The molecule has 1 rings (SSSR count). The molecule has 0 aliphatic heterocycles. The molecule has 3 N–H and O–H groups in total. The van der Waals surface area contributed by atoms with E-state index in [-0.39, 0.29) is 5.75 Å². The van der Waals surface area contributed by atoms with Gasteiger partial charge in [-0.1, -0.05) is 0 Å². The van der Waals surface area contributed by atoms with Gasteiger partial charge < -0.3 is 10.8 Å². The van der Waals surface area contributed by atoms with Gasteiger partial charge in [0.25, 0.3) is 0 Å². The van der Waals surface area contributed by atoms with Gasteiger partial charge >= 0.3 is 17.3 Å². The van der Waals surface area contributed by atoms with Crippen molar-refractivity contribution < 1.29 is 19.7 Å². The smallest absolute Gasteiger partial charge is 0.347 e. The van der Waals surface area contributed by atoms with E-state index >= 15 is 0 Å². The van der Waals surface area contributed by atoms with Crippen LogP contribution in [0.1, 0.15) is 0 Å². The highest BCUT2D eigenvalue weighted by Gasteiger charge is 2.24. The zero-order valence-electron chi connectivity index (χ0n) is 9.38. The molecular formula is C9H9N3O6S. The van der Waals surface area contributed by atoms with Gasteiger partial charge in [-0.2, -0.15) is 0 Å². The number of carboxylic acids is 1. The molecule has 10 heteroatoms. The maximum Gasteiger partial charge on any atom is 0.347 e. The molecule has 19 heavy (non-hydrogen) atoms. The van der Waals surface area contributed by atoms with E-state index in [0.717, 1.165) is 23.9 Å². The predicted molar refractivity (Wildman–Crippen MR) is 66.1 cm³/mol. The zero-order chi connectivity index (χ0) is 14.6. The fourth-order valence-corrected chi connectivity index (χ4v) is 2.02. The van der Waals surface area contributed by atoms with E-state index in [9.17, 15) is 25.0 Å². The number of hydrogen-bond acceptors (Lipinski definition) is 7. The van der Waals surface area contributed by atoms with Crippen LogP contribution in [-0.2, 0) is 4.79 Å². The first-order valence-electron chi connectivity index (χ1n) is 4.87. The van der Waals surface area contributed by atoms with Crippen LogP contribution in [0.25, 0.3) is 0 Å². The largest absolute Gasteiger partial charge is 0.480 e. The zero-order valence-corrected chi connectivity index (χ0v) is 10.2. The first-order valence-corrected chi connectivity index (χ1v) is 5.85. The summed E-state index contributed by atoms with van der Waals surface area (Å²) in [5.74, 6) is -1.19. The Morgan fingerprint density at radius 2 is 1.89 bits per heavy atom. The second kappa shape index (κ2) is 6.11. The van der Waals surface area contributed by atoms with Crippen molar-refractivity contribution in [3.63, 3.8) is 0 Å². The van der Waals surface area contributed by atoms with Crippen molar-refractivity contribution in [3.05, 3.63) is 38.4 Å². The Morgan fingerprint density at radius 3 is 2.37 bits per heavy atom. The van der Waals surface area contributed by atoms with Gasteiger partial charge in [0.1, 0.15) is 6.04 Å². The summed E-state index contributed by atoms with van der Waals surface area (Å²) >= 11 is 0.976. The van der Waals surface area contributed by atoms with Crippen molar-refractivity contribution in [2.45, 2.75) is 10.9 Å².